The second-order valence-electron chi connectivity index (χ2n) is 10.1. The van der Waals surface area contributed by atoms with E-state index in [0.717, 1.165) is 25.7 Å². The van der Waals surface area contributed by atoms with Crippen molar-refractivity contribution in [3.63, 3.8) is 0 Å². The summed E-state index contributed by atoms with van der Waals surface area (Å²) in [6.45, 7) is 7.35. The molecule has 2 amide bonds. The highest BCUT2D eigenvalue weighted by Gasteiger charge is 2.36. The number of benzene rings is 1. The Labute approximate surface area is 211 Å². The van der Waals surface area contributed by atoms with Crippen molar-refractivity contribution in [1.82, 2.24) is 15.5 Å². The zero-order valence-corrected chi connectivity index (χ0v) is 22.7. The topological polar surface area (TPSA) is 89.1 Å². The maximum absolute atomic E-state index is 13.2. The van der Waals surface area contributed by atoms with Crippen molar-refractivity contribution in [1.29, 1.82) is 0 Å². The first kappa shape index (κ1) is 28.8. The Morgan fingerprint density at radius 1 is 1.06 bits per heavy atom. The molecular formula is C27H45N3O5. The normalized spacial score (nSPS) is 15.7. The number of rotatable bonds is 14. The summed E-state index contributed by atoms with van der Waals surface area (Å²) in [6, 6.07) is 2.64. The van der Waals surface area contributed by atoms with Gasteiger partial charge in [-0.2, -0.15) is 0 Å². The molecular weight excluding hydrogens is 446 g/mol. The molecule has 8 heteroatoms. The molecule has 0 saturated heterocycles. The lowest BCUT2D eigenvalue weighted by Gasteiger charge is -2.37. The molecule has 198 valence electrons. The van der Waals surface area contributed by atoms with E-state index >= 15 is 0 Å². The van der Waals surface area contributed by atoms with Crippen LogP contribution in [0.2, 0.25) is 0 Å². The van der Waals surface area contributed by atoms with Crippen molar-refractivity contribution in [2.75, 3.05) is 41.5 Å². The number of nitrogens with one attached hydrogen (secondary N) is 2. The Morgan fingerprint density at radius 2 is 1.66 bits per heavy atom. The summed E-state index contributed by atoms with van der Waals surface area (Å²) in [4.78, 5) is 28.5. The summed E-state index contributed by atoms with van der Waals surface area (Å²) in [5, 5.41) is 6.03. The number of likely N-dealkylation sites (N-methyl/N-ethyl adjacent to an activating group) is 1. The maximum atomic E-state index is 13.2. The first-order valence-electron chi connectivity index (χ1n) is 12.8. The van der Waals surface area contributed by atoms with Crippen LogP contribution in [0.15, 0.2) is 12.1 Å². The van der Waals surface area contributed by atoms with E-state index in [1.54, 1.807) is 12.1 Å². The Morgan fingerprint density at radius 3 is 2.14 bits per heavy atom. The number of ether oxygens (including phenoxy) is 3. The van der Waals surface area contributed by atoms with Gasteiger partial charge < -0.3 is 29.7 Å². The van der Waals surface area contributed by atoms with Gasteiger partial charge in [0.2, 0.25) is 11.7 Å². The Balaban J connectivity index is 2.14. The lowest BCUT2D eigenvalue weighted by molar-refractivity contribution is -0.123. The third-order valence-corrected chi connectivity index (χ3v) is 6.94. The fraction of sp³-hybridized carbons (Fsp3) is 0.704. The smallest absolute Gasteiger partial charge is 0.252 e. The predicted octanol–water partition coefficient (Wildman–Crippen LogP) is 4.02. The van der Waals surface area contributed by atoms with E-state index in [1.165, 1.54) is 27.1 Å². The SMILES string of the molecule is CCC[C@H](NC(=O)c1cc(OC)c(OCCC(C)C)c(OC)c1)C(=O)NCC1(N(C)C)CCCC1. The Bertz CT molecular complexity index is 809. The average Bonchev–Trinajstić information content (AvgIpc) is 3.32. The van der Waals surface area contributed by atoms with Crippen LogP contribution in [0.25, 0.3) is 0 Å². The van der Waals surface area contributed by atoms with Gasteiger partial charge in [-0.25, -0.2) is 0 Å². The molecule has 0 heterocycles. The van der Waals surface area contributed by atoms with Gasteiger partial charge in [0.25, 0.3) is 5.91 Å². The van der Waals surface area contributed by atoms with E-state index in [9.17, 15) is 9.59 Å². The first-order chi connectivity index (χ1) is 16.7. The molecule has 2 N–H and O–H groups in total. The monoisotopic (exact) mass is 491 g/mol. The second kappa shape index (κ2) is 13.6. The third kappa shape index (κ3) is 7.75. The van der Waals surface area contributed by atoms with E-state index in [0.29, 0.717) is 48.3 Å². The highest BCUT2D eigenvalue weighted by atomic mass is 16.5. The minimum absolute atomic E-state index is 0.0113. The maximum Gasteiger partial charge on any atom is 0.252 e. The number of methoxy groups -OCH3 is 2. The van der Waals surface area contributed by atoms with Gasteiger partial charge in [0.1, 0.15) is 6.04 Å². The average molecular weight is 492 g/mol. The van der Waals surface area contributed by atoms with Crippen molar-refractivity contribution in [2.24, 2.45) is 5.92 Å². The van der Waals surface area contributed by atoms with Crippen LogP contribution in [-0.4, -0.2) is 69.8 Å². The van der Waals surface area contributed by atoms with Gasteiger partial charge in [0, 0.05) is 17.6 Å². The van der Waals surface area contributed by atoms with Gasteiger partial charge >= 0.3 is 0 Å². The van der Waals surface area contributed by atoms with E-state index in [1.807, 2.05) is 6.92 Å². The molecule has 35 heavy (non-hydrogen) atoms. The quantitative estimate of drug-likeness (QED) is 0.409. The van der Waals surface area contributed by atoms with Crippen molar-refractivity contribution in [3.05, 3.63) is 17.7 Å². The van der Waals surface area contributed by atoms with Crippen LogP contribution in [0.4, 0.5) is 0 Å². The molecule has 0 aromatic heterocycles. The lowest BCUT2D eigenvalue weighted by atomic mass is 9.95. The fourth-order valence-electron chi connectivity index (χ4n) is 4.54. The molecule has 0 aliphatic heterocycles. The molecule has 8 nitrogen and oxygen atoms in total. The minimum atomic E-state index is -0.618. The van der Waals surface area contributed by atoms with Gasteiger partial charge in [0.15, 0.2) is 11.5 Å². The number of amides is 2. The van der Waals surface area contributed by atoms with Crippen LogP contribution in [-0.2, 0) is 4.79 Å². The van der Waals surface area contributed by atoms with Crippen molar-refractivity contribution in [2.45, 2.75) is 77.3 Å². The fourth-order valence-corrected chi connectivity index (χ4v) is 4.54. The number of nitrogens with zero attached hydrogens (tertiary/aromatic N) is 1. The zero-order chi connectivity index (χ0) is 26.0. The van der Waals surface area contributed by atoms with Gasteiger partial charge in [-0.15, -0.1) is 0 Å². The summed E-state index contributed by atoms with van der Waals surface area (Å²) < 4.78 is 16.9. The molecule has 0 spiro atoms. The predicted molar refractivity (Wildman–Crippen MR) is 139 cm³/mol. The number of hydrogen-bond donors (Lipinski definition) is 2. The van der Waals surface area contributed by atoms with Crippen LogP contribution in [0.1, 0.15) is 76.1 Å². The van der Waals surface area contributed by atoms with Crippen molar-refractivity contribution < 1.29 is 23.8 Å². The zero-order valence-electron chi connectivity index (χ0n) is 22.7. The minimum Gasteiger partial charge on any atom is -0.493 e. The molecule has 1 aliphatic rings. The molecule has 1 aliphatic carbocycles. The molecule has 0 unspecified atom stereocenters. The summed E-state index contributed by atoms with van der Waals surface area (Å²) in [5.74, 6) is 1.31. The van der Waals surface area contributed by atoms with Gasteiger partial charge in [-0.3, -0.25) is 9.59 Å². The largest absolute Gasteiger partial charge is 0.493 e. The number of carbonyl (C=O) groups is 2. The Hall–Kier alpha value is -2.48. The van der Waals surface area contributed by atoms with Gasteiger partial charge in [0.05, 0.1) is 20.8 Å². The summed E-state index contributed by atoms with van der Waals surface area (Å²) >= 11 is 0. The summed E-state index contributed by atoms with van der Waals surface area (Å²) in [5.41, 5.74) is 0.340. The Kier molecular flexibility index (Phi) is 11.1. The standard InChI is InChI=1S/C27H45N3O5/c1-8-11-21(26(32)28-18-27(30(4)5)13-9-10-14-27)29-25(31)20-16-22(33-6)24(23(17-20)34-7)35-15-12-19(2)3/h16-17,19,21H,8-15,18H2,1-7H3,(H,28,32)(H,29,31)/t21-/m0/s1. The first-order valence-corrected chi connectivity index (χ1v) is 12.8. The van der Waals surface area contributed by atoms with E-state index in [-0.39, 0.29) is 17.4 Å². The highest BCUT2D eigenvalue weighted by Crippen LogP contribution is 2.39. The number of carbonyl (C=O) groups excluding carboxylic acids is 2. The molecule has 0 bridgehead atoms. The molecule has 1 aromatic rings. The van der Waals surface area contributed by atoms with Crippen LogP contribution in [0.5, 0.6) is 17.2 Å². The second-order valence-corrected chi connectivity index (χ2v) is 10.1. The van der Waals surface area contributed by atoms with Gasteiger partial charge in [-0.05, 0) is 57.8 Å². The molecule has 1 aromatic carbocycles. The van der Waals surface area contributed by atoms with Crippen molar-refractivity contribution in [3.8, 4) is 17.2 Å². The summed E-state index contributed by atoms with van der Waals surface area (Å²) in [7, 11) is 7.20. The van der Waals surface area contributed by atoms with Crippen LogP contribution < -0.4 is 24.8 Å². The van der Waals surface area contributed by atoms with Crippen molar-refractivity contribution >= 4 is 11.8 Å². The van der Waals surface area contributed by atoms with Gasteiger partial charge in [-0.1, -0.05) is 40.0 Å². The van der Waals surface area contributed by atoms with E-state index in [2.05, 4.69) is 43.5 Å². The molecule has 1 fully saturated rings. The summed E-state index contributed by atoms with van der Waals surface area (Å²) in [6.07, 6.45) is 6.68. The van der Waals surface area contributed by atoms with E-state index < -0.39 is 6.04 Å². The molecule has 0 radical (unpaired) electrons. The third-order valence-electron chi connectivity index (χ3n) is 6.94. The number of hydrogen-bond acceptors (Lipinski definition) is 6. The molecule has 1 atom stereocenters. The van der Waals surface area contributed by atoms with Crippen LogP contribution in [0.3, 0.4) is 0 Å². The molecule has 1 saturated carbocycles. The lowest BCUT2D eigenvalue weighted by Crippen LogP contribution is -2.54. The van der Waals surface area contributed by atoms with Crippen LogP contribution in [0, 0.1) is 5.92 Å². The van der Waals surface area contributed by atoms with E-state index in [4.69, 9.17) is 14.2 Å². The van der Waals surface area contributed by atoms with Crippen LogP contribution >= 0.6 is 0 Å². The molecule has 2 rings (SSSR count). The highest BCUT2D eigenvalue weighted by molar-refractivity contribution is 5.98.